The second kappa shape index (κ2) is 9.27. The average molecular weight is 376 g/mol. The van der Waals surface area contributed by atoms with Crippen molar-refractivity contribution in [2.45, 2.75) is 13.5 Å². The topological polar surface area (TPSA) is 93.2 Å². The van der Waals surface area contributed by atoms with Crippen LogP contribution in [0.15, 0.2) is 67.0 Å². The number of hydrogen-bond acceptors (Lipinski definition) is 6. The van der Waals surface area contributed by atoms with Crippen LogP contribution in [0.4, 0.5) is 11.4 Å². The largest absolute Gasteiger partial charge is 0.462 e. The van der Waals surface area contributed by atoms with Gasteiger partial charge in [-0.1, -0.05) is 6.07 Å². The standard InChI is InChI=1S/C21H20N4O3/c1-2-28-21(27)15-6-8-16(9-7-15)25-17-10-12-23-19(13-17)20(26)24-14-18-5-3-4-11-22-18/h3-13H,2,14H2,1H3,(H,23,25)(H,24,26). The molecule has 7 heteroatoms. The van der Waals surface area contributed by atoms with Crippen LogP contribution < -0.4 is 10.6 Å². The first-order valence-corrected chi connectivity index (χ1v) is 8.84. The molecule has 3 aromatic rings. The SMILES string of the molecule is CCOC(=O)c1ccc(Nc2ccnc(C(=O)NCc3ccccn3)c2)cc1. The lowest BCUT2D eigenvalue weighted by molar-refractivity contribution is 0.0526. The fraction of sp³-hybridized carbons (Fsp3) is 0.143. The van der Waals surface area contributed by atoms with E-state index in [2.05, 4.69) is 20.6 Å². The second-order valence-corrected chi connectivity index (χ2v) is 5.86. The number of nitrogens with zero attached hydrogens (tertiary/aromatic N) is 2. The van der Waals surface area contributed by atoms with E-state index in [0.717, 1.165) is 11.4 Å². The Balaban J connectivity index is 1.62. The Kier molecular flexibility index (Phi) is 6.30. The van der Waals surface area contributed by atoms with Gasteiger partial charge in [0.25, 0.3) is 5.91 Å². The molecule has 0 saturated heterocycles. The second-order valence-electron chi connectivity index (χ2n) is 5.86. The van der Waals surface area contributed by atoms with Crippen molar-refractivity contribution in [3.63, 3.8) is 0 Å². The molecule has 0 saturated carbocycles. The molecule has 0 fully saturated rings. The molecule has 0 spiro atoms. The van der Waals surface area contributed by atoms with Crippen molar-refractivity contribution in [1.82, 2.24) is 15.3 Å². The molecule has 2 heterocycles. The normalized spacial score (nSPS) is 10.2. The lowest BCUT2D eigenvalue weighted by Gasteiger charge is -2.09. The quantitative estimate of drug-likeness (QED) is 0.615. The van der Waals surface area contributed by atoms with E-state index in [4.69, 9.17) is 4.74 Å². The van der Waals surface area contributed by atoms with Crippen LogP contribution >= 0.6 is 0 Å². The number of carbonyl (C=O) groups excluding carboxylic acids is 2. The minimum atomic E-state index is -0.357. The molecule has 1 aromatic carbocycles. The number of ether oxygens (including phenoxy) is 1. The first-order valence-electron chi connectivity index (χ1n) is 8.84. The maximum absolute atomic E-state index is 12.3. The molecule has 28 heavy (non-hydrogen) atoms. The van der Waals surface area contributed by atoms with Crippen molar-refractivity contribution in [1.29, 1.82) is 0 Å². The van der Waals surface area contributed by atoms with Crippen LogP contribution in [0.3, 0.4) is 0 Å². The van der Waals surface area contributed by atoms with Crippen molar-refractivity contribution in [2.75, 3.05) is 11.9 Å². The van der Waals surface area contributed by atoms with Crippen LogP contribution in [0.2, 0.25) is 0 Å². The van der Waals surface area contributed by atoms with Crippen molar-refractivity contribution in [3.05, 3.63) is 83.9 Å². The monoisotopic (exact) mass is 376 g/mol. The molecular weight excluding hydrogens is 356 g/mol. The molecule has 0 unspecified atom stereocenters. The number of amides is 1. The van der Waals surface area contributed by atoms with E-state index in [9.17, 15) is 9.59 Å². The molecule has 0 aliphatic carbocycles. The first kappa shape index (κ1) is 19.0. The summed E-state index contributed by atoms with van der Waals surface area (Å²) in [7, 11) is 0. The smallest absolute Gasteiger partial charge is 0.338 e. The van der Waals surface area contributed by atoms with Gasteiger partial charge in [-0.2, -0.15) is 0 Å². The van der Waals surface area contributed by atoms with Gasteiger partial charge in [0.15, 0.2) is 0 Å². The van der Waals surface area contributed by atoms with Crippen LogP contribution in [0.25, 0.3) is 0 Å². The fourth-order valence-electron chi connectivity index (χ4n) is 2.47. The van der Waals surface area contributed by atoms with Gasteiger partial charge in [0.2, 0.25) is 0 Å². The molecule has 2 N–H and O–H groups in total. The molecule has 0 atom stereocenters. The minimum absolute atomic E-state index is 0.285. The minimum Gasteiger partial charge on any atom is -0.462 e. The summed E-state index contributed by atoms with van der Waals surface area (Å²) in [4.78, 5) is 32.3. The third kappa shape index (κ3) is 5.14. The summed E-state index contributed by atoms with van der Waals surface area (Å²) in [5, 5.41) is 5.98. The van der Waals surface area contributed by atoms with Crippen molar-refractivity contribution in [2.24, 2.45) is 0 Å². The summed E-state index contributed by atoms with van der Waals surface area (Å²) in [5.41, 5.74) is 3.04. The van der Waals surface area contributed by atoms with Crippen molar-refractivity contribution in [3.8, 4) is 0 Å². The van der Waals surface area contributed by atoms with Crippen LogP contribution in [-0.2, 0) is 11.3 Å². The third-order valence-corrected chi connectivity index (χ3v) is 3.83. The Morgan fingerprint density at radius 2 is 1.79 bits per heavy atom. The molecule has 7 nitrogen and oxygen atoms in total. The number of hydrogen-bond donors (Lipinski definition) is 2. The third-order valence-electron chi connectivity index (χ3n) is 3.83. The fourth-order valence-corrected chi connectivity index (χ4v) is 2.47. The lowest BCUT2D eigenvalue weighted by atomic mass is 10.2. The summed E-state index contributed by atoms with van der Waals surface area (Å²) in [6, 6.07) is 15.9. The highest BCUT2D eigenvalue weighted by Gasteiger charge is 2.09. The van der Waals surface area contributed by atoms with Crippen LogP contribution in [0.1, 0.15) is 33.5 Å². The Hall–Kier alpha value is -3.74. The lowest BCUT2D eigenvalue weighted by Crippen LogP contribution is -2.24. The average Bonchev–Trinajstić information content (AvgIpc) is 2.73. The van der Waals surface area contributed by atoms with E-state index >= 15 is 0 Å². The summed E-state index contributed by atoms with van der Waals surface area (Å²) in [6.45, 7) is 2.43. The number of aromatic nitrogens is 2. The predicted molar refractivity (Wildman–Crippen MR) is 105 cm³/mol. The van der Waals surface area contributed by atoms with Gasteiger partial charge in [-0.3, -0.25) is 14.8 Å². The molecule has 142 valence electrons. The molecule has 2 aromatic heterocycles. The molecule has 3 rings (SSSR count). The van der Waals surface area contributed by atoms with E-state index in [1.165, 1.54) is 0 Å². The summed E-state index contributed by atoms with van der Waals surface area (Å²) < 4.78 is 4.97. The first-order chi connectivity index (χ1) is 13.7. The maximum atomic E-state index is 12.3. The van der Waals surface area contributed by atoms with Gasteiger partial charge < -0.3 is 15.4 Å². The van der Waals surface area contributed by atoms with Gasteiger partial charge >= 0.3 is 5.97 Å². The summed E-state index contributed by atoms with van der Waals surface area (Å²) in [5.74, 6) is -0.642. The van der Waals surface area contributed by atoms with Gasteiger partial charge in [-0.05, 0) is 55.5 Å². The molecule has 1 amide bonds. The van der Waals surface area contributed by atoms with Crippen molar-refractivity contribution >= 4 is 23.3 Å². The van der Waals surface area contributed by atoms with Gasteiger partial charge in [0, 0.05) is 23.8 Å². The maximum Gasteiger partial charge on any atom is 0.338 e. The number of rotatable bonds is 7. The zero-order chi connectivity index (χ0) is 19.8. The van der Waals surface area contributed by atoms with E-state index in [0.29, 0.717) is 30.1 Å². The Morgan fingerprint density at radius 3 is 2.50 bits per heavy atom. The zero-order valence-corrected chi connectivity index (χ0v) is 15.4. The van der Waals surface area contributed by atoms with Crippen LogP contribution in [0.5, 0.6) is 0 Å². The van der Waals surface area contributed by atoms with E-state index in [1.54, 1.807) is 55.7 Å². The van der Waals surface area contributed by atoms with Crippen LogP contribution in [0, 0.1) is 0 Å². The Morgan fingerprint density at radius 1 is 0.964 bits per heavy atom. The van der Waals surface area contributed by atoms with Crippen molar-refractivity contribution < 1.29 is 14.3 Å². The predicted octanol–water partition coefficient (Wildman–Crippen LogP) is 3.33. The number of nitrogens with one attached hydrogen (secondary N) is 2. The molecule has 0 bridgehead atoms. The highest BCUT2D eigenvalue weighted by Crippen LogP contribution is 2.18. The number of carbonyl (C=O) groups is 2. The summed E-state index contributed by atoms with van der Waals surface area (Å²) >= 11 is 0. The van der Waals surface area contributed by atoms with Gasteiger partial charge in [-0.15, -0.1) is 0 Å². The van der Waals surface area contributed by atoms with Gasteiger partial charge in [0.1, 0.15) is 5.69 Å². The Labute approximate surface area is 162 Å². The highest BCUT2D eigenvalue weighted by molar-refractivity contribution is 5.93. The Bertz CT molecular complexity index is 943. The van der Waals surface area contributed by atoms with Gasteiger partial charge in [0.05, 0.1) is 24.4 Å². The molecule has 0 aliphatic rings. The summed E-state index contributed by atoms with van der Waals surface area (Å²) in [6.07, 6.45) is 3.24. The zero-order valence-electron chi connectivity index (χ0n) is 15.4. The van der Waals surface area contributed by atoms with Gasteiger partial charge in [-0.25, -0.2) is 4.79 Å². The number of anilines is 2. The number of pyridine rings is 2. The van der Waals surface area contributed by atoms with E-state index in [-0.39, 0.29) is 11.9 Å². The van der Waals surface area contributed by atoms with Crippen LogP contribution in [-0.4, -0.2) is 28.5 Å². The molecule has 0 radical (unpaired) electrons. The molecular formula is C21H20N4O3. The molecule has 0 aliphatic heterocycles. The van der Waals surface area contributed by atoms with E-state index < -0.39 is 0 Å². The highest BCUT2D eigenvalue weighted by atomic mass is 16.5. The number of esters is 1. The number of benzene rings is 1. The van der Waals surface area contributed by atoms with E-state index in [1.807, 2.05) is 18.2 Å².